The van der Waals surface area contributed by atoms with E-state index >= 15 is 0 Å². The Hall–Kier alpha value is -2.41. The van der Waals surface area contributed by atoms with Crippen molar-refractivity contribution in [2.75, 3.05) is 0 Å². The van der Waals surface area contributed by atoms with E-state index in [4.69, 9.17) is 0 Å². The van der Waals surface area contributed by atoms with E-state index in [1.165, 1.54) is 78.2 Å². The van der Waals surface area contributed by atoms with Gasteiger partial charge in [0.25, 0.3) is 0 Å². The summed E-state index contributed by atoms with van der Waals surface area (Å²) in [4.78, 5) is 4.54. The zero-order valence-electron chi connectivity index (χ0n) is 26.7. The van der Waals surface area contributed by atoms with Crippen LogP contribution in [0.1, 0.15) is 121 Å². The molecule has 0 bridgehead atoms. The number of rotatable bonds is 7. The molecule has 1 fully saturated rings. The number of allylic oxidation sites excluding steroid dienone is 1. The van der Waals surface area contributed by atoms with Gasteiger partial charge in [-0.15, -0.1) is 6.58 Å². The highest BCUT2D eigenvalue weighted by atomic mass is 14.7. The van der Waals surface area contributed by atoms with Crippen molar-refractivity contribution in [1.29, 1.82) is 0 Å². The normalized spacial score (nSPS) is 11.4. The highest BCUT2D eigenvalue weighted by Gasteiger charge is 2.18. The van der Waals surface area contributed by atoms with Crippen molar-refractivity contribution < 1.29 is 0 Å². The maximum absolute atomic E-state index is 4.54. The predicted octanol–water partition coefficient (Wildman–Crippen LogP) is 11.9. The van der Waals surface area contributed by atoms with Gasteiger partial charge in [-0.2, -0.15) is 0 Å². The molecule has 4 rings (SSSR count). The van der Waals surface area contributed by atoms with Crippen LogP contribution in [0.3, 0.4) is 0 Å². The van der Waals surface area contributed by atoms with Crippen molar-refractivity contribution in [3.63, 3.8) is 0 Å². The highest BCUT2D eigenvalue weighted by molar-refractivity contribution is 5.83. The Labute approximate surface area is 237 Å². The molecule has 1 heteroatoms. The minimum Gasteiger partial charge on any atom is -0.253 e. The molecule has 0 saturated heterocycles. The molecule has 0 aliphatic heterocycles. The molecule has 0 amide bonds. The van der Waals surface area contributed by atoms with E-state index in [2.05, 4.69) is 109 Å². The summed E-state index contributed by atoms with van der Waals surface area (Å²) in [6.07, 6.45) is 12.0. The number of aryl methyl sites for hydroxylation is 4. The van der Waals surface area contributed by atoms with Gasteiger partial charge < -0.3 is 0 Å². The molecular formula is C37H59N. The summed E-state index contributed by atoms with van der Waals surface area (Å²) >= 11 is 0. The van der Waals surface area contributed by atoms with E-state index in [1.807, 2.05) is 19.9 Å². The van der Waals surface area contributed by atoms with Crippen LogP contribution in [0.5, 0.6) is 0 Å². The molecule has 1 heterocycles. The third kappa shape index (κ3) is 15.1. The Morgan fingerprint density at radius 3 is 1.68 bits per heavy atom. The second kappa shape index (κ2) is 21.5. The third-order valence-corrected chi connectivity index (χ3v) is 6.89. The lowest BCUT2D eigenvalue weighted by Crippen LogP contribution is -1.92. The van der Waals surface area contributed by atoms with Crippen LogP contribution in [-0.4, -0.2) is 4.98 Å². The Kier molecular flexibility index (Phi) is 20.2. The Balaban J connectivity index is 0.000000491. The van der Waals surface area contributed by atoms with Crippen molar-refractivity contribution in [3.05, 3.63) is 88.6 Å². The van der Waals surface area contributed by atoms with E-state index in [9.17, 15) is 0 Å². The van der Waals surface area contributed by atoms with E-state index < -0.39 is 0 Å². The highest BCUT2D eigenvalue weighted by Crippen LogP contribution is 2.33. The fourth-order valence-corrected chi connectivity index (χ4v) is 3.93. The zero-order valence-corrected chi connectivity index (χ0v) is 26.7. The molecule has 0 atom stereocenters. The summed E-state index contributed by atoms with van der Waals surface area (Å²) in [5.74, 6) is 1.15. The SMILES string of the molecule is C=C(C)CCCC.CC.CCCC1CC1.CCc1ccc(CC)cc1.Cc1nc2ccccc2c(C)c1C. The fourth-order valence-electron chi connectivity index (χ4n) is 3.93. The molecule has 0 spiro atoms. The molecule has 38 heavy (non-hydrogen) atoms. The van der Waals surface area contributed by atoms with Crippen LogP contribution >= 0.6 is 0 Å². The van der Waals surface area contributed by atoms with Gasteiger partial charge >= 0.3 is 0 Å². The average molecular weight is 518 g/mol. The summed E-state index contributed by atoms with van der Waals surface area (Å²) < 4.78 is 0. The van der Waals surface area contributed by atoms with Crippen molar-refractivity contribution in [3.8, 4) is 0 Å². The predicted molar refractivity (Wildman–Crippen MR) is 174 cm³/mol. The van der Waals surface area contributed by atoms with Crippen LogP contribution in [-0.2, 0) is 12.8 Å². The lowest BCUT2D eigenvalue weighted by Gasteiger charge is -2.07. The second-order valence-electron chi connectivity index (χ2n) is 10.3. The summed E-state index contributed by atoms with van der Waals surface area (Å²) in [5, 5.41) is 1.27. The number of hydrogen-bond donors (Lipinski definition) is 0. The molecular weight excluding hydrogens is 458 g/mol. The molecule has 1 aromatic heterocycles. The fraction of sp³-hybridized carbons (Fsp3) is 0.541. The third-order valence-electron chi connectivity index (χ3n) is 6.89. The molecule has 2 aromatic carbocycles. The second-order valence-corrected chi connectivity index (χ2v) is 10.3. The minimum atomic E-state index is 1.10. The quantitative estimate of drug-likeness (QED) is 0.284. The number of unbranched alkanes of at least 4 members (excludes halogenated alkanes) is 1. The number of hydrogen-bond acceptors (Lipinski definition) is 1. The van der Waals surface area contributed by atoms with Crippen LogP contribution in [0.15, 0.2) is 60.7 Å². The van der Waals surface area contributed by atoms with Crippen LogP contribution in [0.25, 0.3) is 10.9 Å². The van der Waals surface area contributed by atoms with Gasteiger partial charge in [0.1, 0.15) is 0 Å². The first-order valence-corrected chi connectivity index (χ1v) is 15.3. The number of fused-ring (bicyclic) bond motifs is 1. The largest absolute Gasteiger partial charge is 0.253 e. The number of pyridine rings is 1. The Morgan fingerprint density at radius 2 is 1.32 bits per heavy atom. The summed E-state index contributed by atoms with van der Waals surface area (Å²) in [5.41, 5.74) is 9.05. The van der Waals surface area contributed by atoms with Gasteiger partial charge in [0, 0.05) is 11.1 Å². The molecule has 3 aromatic rings. The number of para-hydroxylation sites is 1. The van der Waals surface area contributed by atoms with Gasteiger partial charge in [0.05, 0.1) is 5.52 Å². The first-order valence-electron chi connectivity index (χ1n) is 15.3. The average Bonchev–Trinajstić information content (AvgIpc) is 3.77. The van der Waals surface area contributed by atoms with Crippen molar-refractivity contribution >= 4 is 10.9 Å². The summed E-state index contributed by atoms with van der Waals surface area (Å²) in [7, 11) is 0. The van der Waals surface area contributed by atoms with Crippen LogP contribution < -0.4 is 0 Å². The minimum absolute atomic E-state index is 1.10. The maximum Gasteiger partial charge on any atom is 0.0708 e. The molecule has 0 radical (unpaired) electrons. The zero-order chi connectivity index (χ0) is 28.9. The molecule has 0 unspecified atom stereocenters. The van der Waals surface area contributed by atoms with E-state index in [0.29, 0.717) is 0 Å². The number of aromatic nitrogens is 1. The van der Waals surface area contributed by atoms with Crippen molar-refractivity contribution in [2.45, 2.75) is 127 Å². The monoisotopic (exact) mass is 517 g/mol. The lowest BCUT2D eigenvalue weighted by molar-refractivity contribution is 0.708. The molecule has 212 valence electrons. The first kappa shape index (κ1) is 35.6. The standard InChI is InChI=1S/C12H13N.C10H14.C7H14.C6H12.C2H6/c1-8-9(2)11-6-4-5-7-12(11)13-10(8)3;1-3-9-5-7-10(4-2)8-6-9;1-4-5-6-7(2)3;1-2-3-6-4-5-6;1-2/h4-7H,1-3H3;5-8H,3-4H2,1-2H3;2,4-6H2,1,3H3;6H,2-5H2,1H3;1-2H3. The number of nitrogens with zero attached hydrogens (tertiary/aromatic N) is 1. The first-order chi connectivity index (χ1) is 18.3. The van der Waals surface area contributed by atoms with Gasteiger partial charge in [-0.25, -0.2) is 0 Å². The van der Waals surface area contributed by atoms with Gasteiger partial charge in [0.2, 0.25) is 0 Å². The van der Waals surface area contributed by atoms with E-state index in [0.717, 1.165) is 30.0 Å². The smallest absolute Gasteiger partial charge is 0.0708 e. The lowest BCUT2D eigenvalue weighted by atomic mass is 10.0. The molecule has 1 aliphatic carbocycles. The summed E-state index contributed by atoms with van der Waals surface area (Å²) in [6.45, 7) is 25.0. The molecule has 0 N–H and O–H groups in total. The van der Waals surface area contributed by atoms with Gasteiger partial charge in [-0.3, -0.25) is 4.98 Å². The van der Waals surface area contributed by atoms with E-state index in [-0.39, 0.29) is 0 Å². The van der Waals surface area contributed by atoms with Crippen molar-refractivity contribution in [2.24, 2.45) is 5.92 Å². The Bertz CT molecular complexity index is 986. The van der Waals surface area contributed by atoms with Crippen LogP contribution in [0, 0.1) is 26.7 Å². The molecule has 1 nitrogen and oxygen atoms in total. The van der Waals surface area contributed by atoms with E-state index in [1.54, 1.807) is 0 Å². The molecule has 1 aliphatic rings. The maximum atomic E-state index is 4.54. The van der Waals surface area contributed by atoms with Crippen molar-refractivity contribution in [1.82, 2.24) is 4.98 Å². The molecule has 1 saturated carbocycles. The van der Waals surface area contributed by atoms with Gasteiger partial charge in [-0.05, 0) is 87.6 Å². The van der Waals surface area contributed by atoms with Crippen LogP contribution in [0.4, 0.5) is 0 Å². The van der Waals surface area contributed by atoms with Gasteiger partial charge in [-0.1, -0.05) is 122 Å². The Morgan fingerprint density at radius 1 is 0.789 bits per heavy atom. The van der Waals surface area contributed by atoms with Gasteiger partial charge in [0.15, 0.2) is 0 Å². The topological polar surface area (TPSA) is 12.9 Å². The summed E-state index contributed by atoms with van der Waals surface area (Å²) in [6, 6.07) is 17.1. The van der Waals surface area contributed by atoms with Crippen LogP contribution in [0.2, 0.25) is 0 Å². The number of benzene rings is 2.